The quantitative estimate of drug-likeness (QED) is 0.139. The monoisotopic (exact) mass is 710 g/mol. The molecule has 0 amide bonds. The Morgan fingerprint density at radius 2 is 0.588 bits per heavy atom. The molecule has 0 unspecified atom stereocenters. The standard InChI is InChI=1S/C46H48O2P2.CH4/c1-29-17-30(2)22-37(21-29)49(38-23-31(3)18-32(4)24-38)43-15-11-13-41(47-9)45(43)46-42(48-10)14-12-16-44(46)50(39-25-33(5)19-34(6)26-39)40-27-35(7)20-36(8)28-40;/h11-28H,1-10H3;1H4. The van der Waals surface area contributed by atoms with Crippen LogP contribution in [0.3, 0.4) is 0 Å². The van der Waals surface area contributed by atoms with Gasteiger partial charge in [-0.3, -0.25) is 0 Å². The van der Waals surface area contributed by atoms with Crippen molar-refractivity contribution in [3.8, 4) is 22.6 Å². The summed E-state index contributed by atoms with van der Waals surface area (Å²) in [6.07, 6.45) is 0. The number of methoxy groups -OCH3 is 2. The summed E-state index contributed by atoms with van der Waals surface area (Å²) in [6, 6.07) is 41.3. The largest absolute Gasteiger partial charge is 0.496 e. The van der Waals surface area contributed by atoms with Crippen LogP contribution in [-0.2, 0) is 0 Å². The highest BCUT2D eigenvalue weighted by molar-refractivity contribution is 7.80. The van der Waals surface area contributed by atoms with Crippen LogP contribution in [0.2, 0.25) is 0 Å². The number of rotatable bonds is 9. The Labute approximate surface area is 309 Å². The second kappa shape index (κ2) is 16.0. The zero-order chi connectivity index (χ0) is 35.7. The van der Waals surface area contributed by atoms with Crippen molar-refractivity contribution in [2.45, 2.75) is 62.8 Å². The smallest absolute Gasteiger partial charge is 0.127 e. The van der Waals surface area contributed by atoms with Gasteiger partial charge in [-0.2, -0.15) is 0 Å². The minimum absolute atomic E-state index is 0. The van der Waals surface area contributed by atoms with Gasteiger partial charge in [-0.1, -0.05) is 149 Å². The predicted molar refractivity (Wildman–Crippen MR) is 227 cm³/mol. The maximum absolute atomic E-state index is 6.34. The van der Waals surface area contributed by atoms with Crippen LogP contribution in [0, 0.1) is 55.4 Å². The molecule has 4 heteroatoms. The third kappa shape index (κ3) is 8.15. The van der Waals surface area contributed by atoms with E-state index < -0.39 is 15.8 Å². The minimum Gasteiger partial charge on any atom is -0.496 e. The number of ether oxygens (including phenoxy) is 2. The van der Waals surface area contributed by atoms with Crippen molar-refractivity contribution in [1.82, 2.24) is 0 Å². The maximum Gasteiger partial charge on any atom is 0.127 e. The maximum atomic E-state index is 6.34. The van der Waals surface area contributed by atoms with Crippen molar-refractivity contribution >= 4 is 47.7 Å². The summed E-state index contributed by atoms with van der Waals surface area (Å²) in [7, 11) is 1.62. The summed E-state index contributed by atoms with van der Waals surface area (Å²) < 4.78 is 12.7. The van der Waals surface area contributed by atoms with Gasteiger partial charge >= 0.3 is 0 Å². The molecule has 0 fully saturated rings. The molecule has 0 saturated carbocycles. The normalized spacial score (nSPS) is 11.1. The zero-order valence-electron chi connectivity index (χ0n) is 31.1. The van der Waals surface area contributed by atoms with Gasteiger partial charge in [0.05, 0.1) is 14.2 Å². The summed E-state index contributed by atoms with van der Waals surface area (Å²) in [5.74, 6) is 1.70. The van der Waals surface area contributed by atoms with Crippen LogP contribution in [-0.4, -0.2) is 14.2 Å². The van der Waals surface area contributed by atoms with E-state index in [1.54, 1.807) is 14.2 Å². The molecule has 0 N–H and O–H groups in total. The van der Waals surface area contributed by atoms with Crippen molar-refractivity contribution in [3.63, 3.8) is 0 Å². The van der Waals surface area contributed by atoms with Gasteiger partial charge in [-0.25, -0.2) is 0 Å². The van der Waals surface area contributed by atoms with E-state index in [4.69, 9.17) is 9.47 Å². The summed E-state index contributed by atoms with van der Waals surface area (Å²) >= 11 is 0. The van der Waals surface area contributed by atoms with Crippen LogP contribution in [0.5, 0.6) is 11.5 Å². The highest BCUT2D eigenvalue weighted by Gasteiger charge is 2.30. The first-order valence-electron chi connectivity index (χ1n) is 17.2. The van der Waals surface area contributed by atoms with E-state index in [9.17, 15) is 0 Å². The van der Waals surface area contributed by atoms with Gasteiger partial charge in [0.15, 0.2) is 0 Å². The molecule has 2 nitrogen and oxygen atoms in total. The van der Waals surface area contributed by atoms with Gasteiger partial charge in [0.1, 0.15) is 11.5 Å². The first-order valence-corrected chi connectivity index (χ1v) is 19.9. The Morgan fingerprint density at radius 1 is 0.353 bits per heavy atom. The molecule has 6 aromatic carbocycles. The molecule has 0 aliphatic rings. The molecule has 0 aliphatic carbocycles. The lowest BCUT2D eigenvalue weighted by atomic mass is 10.0. The van der Waals surface area contributed by atoms with E-state index in [1.165, 1.54) is 76.3 Å². The second-order valence-corrected chi connectivity index (χ2v) is 18.1. The van der Waals surface area contributed by atoms with E-state index >= 15 is 0 Å². The molecule has 0 bridgehead atoms. The van der Waals surface area contributed by atoms with Gasteiger partial charge in [0, 0.05) is 11.1 Å². The van der Waals surface area contributed by atoms with Gasteiger partial charge < -0.3 is 9.47 Å². The molecule has 6 rings (SSSR count). The summed E-state index contributed by atoms with van der Waals surface area (Å²) in [4.78, 5) is 0. The van der Waals surface area contributed by atoms with E-state index in [2.05, 4.69) is 165 Å². The molecule has 262 valence electrons. The van der Waals surface area contributed by atoms with Crippen molar-refractivity contribution in [3.05, 3.63) is 154 Å². The molecule has 0 aliphatic heterocycles. The van der Waals surface area contributed by atoms with Gasteiger partial charge in [-0.15, -0.1) is 0 Å². The first kappa shape index (κ1) is 38.0. The van der Waals surface area contributed by atoms with Crippen molar-refractivity contribution in [2.24, 2.45) is 0 Å². The molecule has 0 saturated heterocycles. The Balaban J connectivity index is 0.00000504. The SMILES string of the molecule is C.COc1cccc(P(c2cc(C)cc(C)c2)c2cc(C)cc(C)c2)c1-c1c(OC)cccc1P(c1cc(C)cc(C)c1)c1cc(C)cc(C)c1. The molecular formula is C47H52O2P2. The summed E-state index contributed by atoms with van der Waals surface area (Å²) in [5.41, 5.74) is 12.4. The Hall–Kier alpha value is -4.22. The van der Waals surface area contributed by atoms with E-state index in [0.29, 0.717) is 0 Å². The van der Waals surface area contributed by atoms with Crippen LogP contribution in [0.4, 0.5) is 0 Å². The molecular weight excluding hydrogens is 658 g/mol. The lowest BCUT2D eigenvalue weighted by Crippen LogP contribution is -2.27. The fourth-order valence-corrected chi connectivity index (χ4v) is 13.2. The second-order valence-electron chi connectivity index (χ2n) is 13.8. The molecule has 0 spiro atoms. The number of benzene rings is 6. The lowest BCUT2D eigenvalue weighted by Gasteiger charge is -2.29. The highest BCUT2D eigenvalue weighted by atomic mass is 31.1. The Kier molecular flexibility index (Phi) is 11.9. The fraction of sp³-hybridized carbons (Fsp3) is 0.234. The van der Waals surface area contributed by atoms with Gasteiger partial charge in [-0.05, 0) is 115 Å². The van der Waals surface area contributed by atoms with Gasteiger partial charge in [0.25, 0.3) is 0 Å². The van der Waals surface area contributed by atoms with Crippen molar-refractivity contribution in [1.29, 1.82) is 0 Å². The summed E-state index contributed by atoms with van der Waals surface area (Å²) in [5, 5.41) is 7.85. The Morgan fingerprint density at radius 3 is 0.804 bits per heavy atom. The molecule has 0 radical (unpaired) electrons. The van der Waals surface area contributed by atoms with E-state index in [-0.39, 0.29) is 7.43 Å². The number of hydrogen-bond acceptors (Lipinski definition) is 2. The number of aryl methyl sites for hydroxylation is 8. The lowest BCUT2D eigenvalue weighted by molar-refractivity contribution is 0.411. The van der Waals surface area contributed by atoms with Crippen LogP contribution in [0.15, 0.2) is 109 Å². The van der Waals surface area contributed by atoms with Crippen LogP contribution < -0.4 is 41.3 Å². The van der Waals surface area contributed by atoms with Crippen LogP contribution in [0.1, 0.15) is 51.9 Å². The molecule has 6 aromatic rings. The van der Waals surface area contributed by atoms with Crippen molar-refractivity contribution < 1.29 is 9.47 Å². The summed E-state index contributed by atoms with van der Waals surface area (Å²) in [6.45, 7) is 17.6. The third-order valence-corrected chi connectivity index (χ3v) is 13.8. The van der Waals surface area contributed by atoms with Crippen molar-refractivity contribution in [2.75, 3.05) is 14.2 Å². The third-order valence-electron chi connectivity index (χ3n) is 9.04. The molecule has 0 atom stereocenters. The molecule has 51 heavy (non-hydrogen) atoms. The fourth-order valence-electron chi connectivity index (χ4n) is 7.43. The van der Waals surface area contributed by atoms with Crippen LogP contribution in [0.25, 0.3) is 11.1 Å². The average Bonchev–Trinajstić information content (AvgIpc) is 3.03. The molecule has 0 aromatic heterocycles. The van der Waals surface area contributed by atoms with Crippen LogP contribution >= 0.6 is 15.8 Å². The average molecular weight is 711 g/mol. The number of hydrogen-bond donors (Lipinski definition) is 0. The minimum atomic E-state index is -0.984. The van der Waals surface area contributed by atoms with Gasteiger partial charge in [0.2, 0.25) is 0 Å². The predicted octanol–water partition coefficient (Wildman–Crippen LogP) is 9.99. The molecule has 0 heterocycles. The topological polar surface area (TPSA) is 18.5 Å². The Bertz CT molecular complexity index is 1860. The highest BCUT2D eigenvalue weighted by Crippen LogP contribution is 2.47. The zero-order valence-corrected chi connectivity index (χ0v) is 32.9. The van der Waals surface area contributed by atoms with E-state index in [0.717, 1.165) is 22.6 Å². The van der Waals surface area contributed by atoms with E-state index in [1.807, 2.05) is 0 Å². The first-order chi connectivity index (χ1) is 23.9.